The van der Waals surface area contributed by atoms with E-state index in [9.17, 15) is 0 Å². The molecular formula is C62H52N2O2. The molecule has 322 valence electrons. The Labute approximate surface area is 385 Å². The molecule has 4 heteroatoms. The zero-order valence-corrected chi connectivity index (χ0v) is 38.5. The summed E-state index contributed by atoms with van der Waals surface area (Å²) in [5.74, 6) is 0.556. The van der Waals surface area contributed by atoms with E-state index in [0.717, 1.165) is 80.2 Å². The monoisotopic (exact) mass is 856 g/mol. The number of furan rings is 2. The standard InChI is InChI=1S/C62H52N2O2/c1-36(2)46-35-54(64(50-24-12-8-18-38(50)4)52-26-16-22-44-41-20-10-14-28-56(41)66-61(44)52)47-34-48-57-39(31-32-62(48,5)6)33-53(45-30-29-42(46)58(47)59(45)57)63(49-23-11-7-17-37(49)3)51-25-15-21-43-40-19-9-13-27-55(40)65-60(43)51/h7-16,18-30,33-37H,17,31-32H2,1-6H3. The van der Waals surface area contributed by atoms with E-state index in [1.807, 2.05) is 0 Å². The first-order chi connectivity index (χ1) is 32.2. The van der Waals surface area contributed by atoms with Crippen molar-refractivity contribution in [3.63, 3.8) is 0 Å². The van der Waals surface area contributed by atoms with Crippen LogP contribution in [0.4, 0.5) is 28.4 Å². The van der Waals surface area contributed by atoms with Gasteiger partial charge in [0.05, 0.1) is 22.7 Å². The molecule has 2 heterocycles. The SMILES string of the molecule is Cc1ccccc1N(c1cc(C(C)C)c2ccc3c(N(C4=CC=CCC4C)c4cccc5c4oc4ccccc45)cc4c5c(cc1c2c35)C(C)(C)CC4)c1cccc2c1oc1ccccc12. The minimum absolute atomic E-state index is 0.0493. The summed E-state index contributed by atoms with van der Waals surface area (Å²) in [5.41, 5.74) is 15.8. The van der Waals surface area contributed by atoms with E-state index < -0.39 is 0 Å². The second kappa shape index (κ2) is 14.3. The number of hydrogen-bond acceptors (Lipinski definition) is 4. The maximum atomic E-state index is 6.89. The van der Waals surface area contributed by atoms with Gasteiger partial charge in [-0.15, -0.1) is 0 Å². The summed E-state index contributed by atoms with van der Waals surface area (Å²) in [7, 11) is 0. The van der Waals surface area contributed by atoms with Crippen LogP contribution in [0.15, 0.2) is 172 Å². The summed E-state index contributed by atoms with van der Waals surface area (Å²) in [4.78, 5) is 5.07. The van der Waals surface area contributed by atoms with Gasteiger partial charge in [0, 0.05) is 55.0 Å². The van der Waals surface area contributed by atoms with E-state index in [1.54, 1.807) is 0 Å². The highest BCUT2D eigenvalue weighted by atomic mass is 16.3. The highest BCUT2D eigenvalue weighted by Gasteiger charge is 2.35. The molecule has 9 aromatic carbocycles. The molecule has 0 aliphatic heterocycles. The Bertz CT molecular complexity index is 3860. The molecular weight excluding hydrogens is 805 g/mol. The normalized spacial score (nSPS) is 16.0. The second-order valence-corrected chi connectivity index (χ2v) is 20.0. The topological polar surface area (TPSA) is 32.8 Å². The zero-order valence-electron chi connectivity index (χ0n) is 38.5. The minimum atomic E-state index is -0.0493. The Hall–Kier alpha value is -7.30. The first-order valence-electron chi connectivity index (χ1n) is 23.8. The van der Waals surface area contributed by atoms with Gasteiger partial charge in [-0.25, -0.2) is 0 Å². The van der Waals surface area contributed by atoms with Crippen molar-refractivity contribution in [2.45, 2.75) is 72.1 Å². The molecule has 0 N–H and O–H groups in total. The molecule has 0 fully saturated rings. The number of benzene rings is 9. The first-order valence-corrected chi connectivity index (χ1v) is 23.8. The summed E-state index contributed by atoms with van der Waals surface area (Å²) in [6.45, 7) is 14.2. The Morgan fingerprint density at radius 2 is 1.17 bits per heavy atom. The molecule has 66 heavy (non-hydrogen) atoms. The number of nitrogens with zero attached hydrogens (tertiary/aromatic N) is 2. The Morgan fingerprint density at radius 1 is 0.561 bits per heavy atom. The molecule has 0 bridgehead atoms. The predicted octanol–water partition coefficient (Wildman–Crippen LogP) is 18.1. The van der Waals surface area contributed by atoms with Gasteiger partial charge < -0.3 is 18.6 Å². The number of rotatable bonds is 7. The van der Waals surface area contributed by atoms with Gasteiger partial charge >= 0.3 is 0 Å². The third kappa shape index (κ3) is 5.57. The Morgan fingerprint density at radius 3 is 1.85 bits per heavy atom. The maximum absolute atomic E-state index is 6.89. The second-order valence-electron chi connectivity index (χ2n) is 20.0. The minimum Gasteiger partial charge on any atom is -0.454 e. The van der Waals surface area contributed by atoms with Gasteiger partial charge in [-0.3, -0.25) is 0 Å². The average Bonchev–Trinajstić information content (AvgIpc) is 3.91. The summed E-state index contributed by atoms with van der Waals surface area (Å²) < 4.78 is 13.8. The van der Waals surface area contributed by atoms with Crippen LogP contribution in [-0.4, -0.2) is 0 Å². The van der Waals surface area contributed by atoms with E-state index in [0.29, 0.717) is 5.92 Å². The number of allylic oxidation sites excluding steroid dienone is 4. The van der Waals surface area contributed by atoms with Crippen LogP contribution in [-0.2, 0) is 11.8 Å². The van der Waals surface area contributed by atoms with E-state index in [2.05, 4.69) is 209 Å². The van der Waals surface area contributed by atoms with Crippen LogP contribution < -0.4 is 9.80 Å². The number of para-hydroxylation sites is 5. The summed E-state index contributed by atoms with van der Waals surface area (Å²) >= 11 is 0. The third-order valence-corrected chi connectivity index (χ3v) is 15.2. The molecule has 13 rings (SSSR count). The molecule has 1 unspecified atom stereocenters. The predicted molar refractivity (Wildman–Crippen MR) is 279 cm³/mol. The zero-order chi connectivity index (χ0) is 44.6. The van der Waals surface area contributed by atoms with Crippen molar-refractivity contribution in [3.05, 3.63) is 186 Å². The third-order valence-electron chi connectivity index (χ3n) is 15.2. The van der Waals surface area contributed by atoms with Gasteiger partial charge in [0.2, 0.25) is 0 Å². The molecule has 2 aromatic heterocycles. The molecule has 1 atom stereocenters. The summed E-state index contributed by atoms with van der Waals surface area (Å²) in [6, 6.07) is 51.6. The molecule has 0 saturated carbocycles. The molecule has 0 saturated heterocycles. The van der Waals surface area contributed by atoms with Crippen LogP contribution in [0.1, 0.15) is 75.6 Å². The molecule has 2 aliphatic rings. The summed E-state index contributed by atoms with van der Waals surface area (Å²) in [6.07, 6.45) is 9.92. The van der Waals surface area contributed by atoms with E-state index >= 15 is 0 Å². The van der Waals surface area contributed by atoms with Crippen molar-refractivity contribution >= 4 is 105 Å². The Kier molecular flexibility index (Phi) is 8.50. The number of anilines is 5. The molecule has 4 nitrogen and oxygen atoms in total. The first kappa shape index (κ1) is 39.1. The van der Waals surface area contributed by atoms with Crippen molar-refractivity contribution in [1.82, 2.24) is 0 Å². The molecule has 0 spiro atoms. The van der Waals surface area contributed by atoms with Gasteiger partial charge in [0.1, 0.15) is 11.2 Å². The van der Waals surface area contributed by atoms with Crippen molar-refractivity contribution in [2.75, 3.05) is 9.80 Å². The lowest BCUT2D eigenvalue weighted by atomic mass is 9.70. The summed E-state index contributed by atoms with van der Waals surface area (Å²) in [5, 5.41) is 12.5. The maximum Gasteiger partial charge on any atom is 0.159 e. The van der Waals surface area contributed by atoms with Gasteiger partial charge in [-0.05, 0) is 131 Å². The number of fused-ring (bicyclic) bond motifs is 6. The van der Waals surface area contributed by atoms with Gasteiger partial charge in [0.25, 0.3) is 0 Å². The van der Waals surface area contributed by atoms with Crippen LogP contribution in [0.3, 0.4) is 0 Å². The lowest BCUT2D eigenvalue weighted by molar-refractivity contribution is 0.475. The fourth-order valence-electron chi connectivity index (χ4n) is 11.8. The van der Waals surface area contributed by atoms with Crippen LogP contribution in [0.25, 0.3) is 76.2 Å². The fourth-order valence-corrected chi connectivity index (χ4v) is 11.8. The smallest absolute Gasteiger partial charge is 0.159 e. The molecule has 2 aliphatic carbocycles. The van der Waals surface area contributed by atoms with Crippen LogP contribution in [0.5, 0.6) is 0 Å². The quantitative estimate of drug-likeness (QED) is 0.150. The van der Waals surface area contributed by atoms with Crippen LogP contribution in [0.2, 0.25) is 0 Å². The highest BCUT2D eigenvalue weighted by Crippen LogP contribution is 2.56. The fraction of sp³-hybridized carbons (Fsp3) is 0.194. The molecule has 11 aromatic rings. The van der Waals surface area contributed by atoms with Crippen LogP contribution in [0, 0.1) is 12.8 Å². The lowest BCUT2D eigenvalue weighted by Gasteiger charge is -2.38. The van der Waals surface area contributed by atoms with Crippen molar-refractivity contribution < 1.29 is 8.83 Å². The van der Waals surface area contributed by atoms with Crippen molar-refractivity contribution in [3.8, 4) is 0 Å². The van der Waals surface area contributed by atoms with Crippen molar-refractivity contribution in [1.29, 1.82) is 0 Å². The van der Waals surface area contributed by atoms with E-state index in [4.69, 9.17) is 8.83 Å². The van der Waals surface area contributed by atoms with Crippen LogP contribution >= 0.6 is 0 Å². The van der Waals surface area contributed by atoms with Crippen molar-refractivity contribution in [2.24, 2.45) is 5.92 Å². The van der Waals surface area contributed by atoms with E-state index in [-0.39, 0.29) is 11.3 Å². The van der Waals surface area contributed by atoms with Gasteiger partial charge in [-0.2, -0.15) is 0 Å². The Balaban J connectivity index is 1.19. The number of aryl methyl sites for hydroxylation is 2. The van der Waals surface area contributed by atoms with Gasteiger partial charge in [0.15, 0.2) is 11.2 Å². The molecule has 0 radical (unpaired) electrons. The lowest BCUT2D eigenvalue weighted by Crippen LogP contribution is -2.25. The molecule has 0 amide bonds. The largest absolute Gasteiger partial charge is 0.454 e. The average molecular weight is 857 g/mol. The van der Waals surface area contributed by atoms with Gasteiger partial charge in [-0.1, -0.05) is 138 Å². The number of hydrogen-bond donors (Lipinski definition) is 0. The highest BCUT2D eigenvalue weighted by molar-refractivity contribution is 6.31. The van der Waals surface area contributed by atoms with E-state index in [1.165, 1.54) is 71.6 Å².